The minimum absolute atomic E-state index is 0.439. The lowest BCUT2D eigenvalue weighted by Crippen LogP contribution is -2.27. The summed E-state index contributed by atoms with van der Waals surface area (Å²) in [6.45, 7) is 0. The van der Waals surface area contributed by atoms with E-state index in [1.807, 2.05) is 0 Å². The normalized spacial score (nSPS) is 14.5. The molecule has 0 aliphatic carbocycles. The van der Waals surface area contributed by atoms with Crippen molar-refractivity contribution >= 4 is 5.97 Å². The van der Waals surface area contributed by atoms with Crippen LogP contribution in [0, 0.1) is 11.6 Å². The molecule has 0 fully saturated rings. The molecule has 0 aliphatic rings. The fourth-order valence-electron chi connectivity index (χ4n) is 1.08. The largest absolute Gasteiger partial charge is 0.505 e. The molecule has 1 aromatic rings. The summed E-state index contributed by atoms with van der Waals surface area (Å²) < 4.78 is 25.4. The Morgan fingerprint density at radius 3 is 2.25 bits per heavy atom. The molecule has 0 spiro atoms. The number of carboxylic acids is 1. The fraction of sp³-hybridized carbons (Fsp3) is 0.222. The maximum Gasteiger partial charge on any atom is 0.335 e. The van der Waals surface area contributed by atoms with Crippen LogP contribution in [0.4, 0.5) is 8.78 Å². The van der Waals surface area contributed by atoms with Crippen LogP contribution < -0.4 is 0 Å². The number of benzene rings is 1. The van der Waals surface area contributed by atoms with Crippen LogP contribution in [-0.2, 0) is 4.79 Å². The van der Waals surface area contributed by atoms with Gasteiger partial charge in [0.25, 0.3) is 0 Å². The van der Waals surface area contributed by atoms with Crippen molar-refractivity contribution in [1.82, 2.24) is 0 Å². The van der Waals surface area contributed by atoms with E-state index in [-0.39, 0.29) is 0 Å². The van der Waals surface area contributed by atoms with Crippen molar-refractivity contribution in [3.8, 4) is 5.75 Å². The molecule has 88 valence electrons. The molecule has 4 N–H and O–H groups in total. The highest BCUT2D eigenvalue weighted by Gasteiger charge is 2.26. The molecule has 7 heteroatoms. The summed E-state index contributed by atoms with van der Waals surface area (Å²) in [6, 6.07) is 1.13. The highest BCUT2D eigenvalue weighted by Crippen LogP contribution is 2.26. The van der Waals surface area contributed by atoms with Crippen LogP contribution in [0.1, 0.15) is 11.7 Å². The first-order chi connectivity index (χ1) is 7.34. The van der Waals surface area contributed by atoms with E-state index in [1.54, 1.807) is 0 Å². The van der Waals surface area contributed by atoms with Crippen molar-refractivity contribution in [1.29, 1.82) is 0 Å². The molecule has 0 bridgehead atoms. The molecular formula is C9H8F2O5. The third-order valence-electron chi connectivity index (χ3n) is 1.92. The summed E-state index contributed by atoms with van der Waals surface area (Å²) in [7, 11) is 0. The number of carboxylic acid groups (broad SMARTS) is 1. The van der Waals surface area contributed by atoms with Crippen LogP contribution >= 0.6 is 0 Å². The van der Waals surface area contributed by atoms with Gasteiger partial charge in [0.05, 0.1) is 0 Å². The average Bonchev–Trinajstić information content (AvgIpc) is 2.22. The number of hydrogen-bond acceptors (Lipinski definition) is 4. The lowest BCUT2D eigenvalue weighted by molar-refractivity contribution is -0.153. The minimum Gasteiger partial charge on any atom is -0.505 e. The number of hydrogen-bond donors (Lipinski definition) is 4. The van der Waals surface area contributed by atoms with Crippen molar-refractivity contribution < 1.29 is 34.0 Å². The molecule has 0 amide bonds. The molecule has 2 atom stereocenters. The van der Waals surface area contributed by atoms with E-state index < -0.39 is 41.1 Å². The molecule has 0 heterocycles. The van der Waals surface area contributed by atoms with Crippen molar-refractivity contribution in [2.45, 2.75) is 12.2 Å². The van der Waals surface area contributed by atoms with E-state index in [2.05, 4.69) is 0 Å². The number of aromatic hydroxyl groups is 1. The second-order valence-electron chi connectivity index (χ2n) is 3.06. The number of aliphatic carboxylic acids is 1. The van der Waals surface area contributed by atoms with Crippen molar-refractivity contribution in [3.05, 3.63) is 29.3 Å². The molecule has 0 radical (unpaired) electrons. The zero-order chi connectivity index (χ0) is 12.5. The molecular weight excluding hydrogens is 226 g/mol. The smallest absolute Gasteiger partial charge is 0.335 e. The van der Waals surface area contributed by atoms with Crippen LogP contribution in [0.15, 0.2) is 12.1 Å². The van der Waals surface area contributed by atoms with Crippen LogP contribution in [0.2, 0.25) is 0 Å². The van der Waals surface area contributed by atoms with Gasteiger partial charge < -0.3 is 20.4 Å². The molecule has 0 aliphatic heterocycles. The second kappa shape index (κ2) is 4.42. The topological polar surface area (TPSA) is 98.0 Å². The van der Waals surface area contributed by atoms with Gasteiger partial charge in [-0.05, 0) is 17.7 Å². The Morgan fingerprint density at radius 2 is 1.81 bits per heavy atom. The molecule has 1 rings (SSSR count). The van der Waals surface area contributed by atoms with Gasteiger partial charge in [-0.3, -0.25) is 0 Å². The summed E-state index contributed by atoms with van der Waals surface area (Å²) in [5.74, 6) is -5.77. The summed E-state index contributed by atoms with van der Waals surface area (Å²) in [4.78, 5) is 10.3. The second-order valence-corrected chi connectivity index (χ2v) is 3.06. The lowest BCUT2D eigenvalue weighted by atomic mass is 10.0. The first kappa shape index (κ1) is 12.3. The van der Waals surface area contributed by atoms with Gasteiger partial charge >= 0.3 is 5.97 Å². The monoisotopic (exact) mass is 234 g/mol. The van der Waals surface area contributed by atoms with E-state index in [4.69, 9.17) is 15.3 Å². The first-order valence-corrected chi connectivity index (χ1v) is 4.11. The van der Waals surface area contributed by atoms with E-state index in [1.165, 1.54) is 0 Å². The Kier molecular flexibility index (Phi) is 3.41. The van der Waals surface area contributed by atoms with Gasteiger partial charge in [0.2, 0.25) is 0 Å². The zero-order valence-electron chi connectivity index (χ0n) is 7.76. The number of rotatable bonds is 3. The summed E-state index contributed by atoms with van der Waals surface area (Å²) in [5, 5.41) is 35.5. The fourth-order valence-corrected chi connectivity index (χ4v) is 1.08. The van der Waals surface area contributed by atoms with Crippen molar-refractivity contribution in [2.75, 3.05) is 0 Å². The number of phenolic OH excluding ortho intramolecular Hbond substituents is 1. The molecule has 2 unspecified atom stereocenters. The van der Waals surface area contributed by atoms with Crippen molar-refractivity contribution in [3.63, 3.8) is 0 Å². The van der Waals surface area contributed by atoms with E-state index >= 15 is 0 Å². The van der Waals surface area contributed by atoms with E-state index in [0.717, 1.165) is 0 Å². The van der Waals surface area contributed by atoms with Crippen molar-refractivity contribution in [2.24, 2.45) is 0 Å². The third kappa shape index (κ3) is 2.26. The van der Waals surface area contributed by atoms with E-state index in [0.29, 0.717) is 12.1 Å². The Balaban J connectivity index is 3.10. The van der Waals surface area contributed by atoms with Gasteiger partial charge in [0, 0.05) is 0 Å². The lowest BCUT2D eigenvalue weighted by Gasteiger charge is -2.14. The Labute approximate surface area is 88.2 Å². The predicted molar refractivity (Wildman–Crippen MR) is 46.6 cm³/mol. The van der Waals surface area contributed by atoms with Gasteiger partial charge in [-0.15, -0.1) is 0 Å². The first-order valence-electron chi connectivity index (χ1n) is 4.11. The molecule has 1 aromatic carbocycles. The van der Waals surface area contributed by atoms with Crippen LogP contribution in [-0.4, -0.2) is 32.5 Å². The zero-order valence-corrected chi connectivity index (χ0v) is 7.76. The summed E-state index contributed by atoms with van der Waals surface area (Å²) >= 11 is 0. The van der Waals surface area contributed by atoms with Gasteiger partial charge in [-0.1, -0.05) is 0 Å². The van der Waals surface area contributed by atoms with Gasteiger partial charge in [-0.25, -0.2) is 9.18 Å². The Morgan fingerprint density at radius 1 is 1.25 bits per heavy atom. The van der Waals surface area contributed by atoms with Crippen LogP contribution in [0.5, 0.6) is 5.75 Å². The van der Waals surface area contributed by atoms with E-state index in [9.17, 15) is 18.7 Å². The molecule has 0 aromatic heterocycles. The van der Waals surface area contributed by atoms with Gasteiger partial charge in [0.1, 0.15) is 6.10 Å². The van der Waals surface area contributed by atoms with Crippen LogP contribution in [0.25, 0.3) is 0 Å². The SMILES string of the molecule is O=C(O)C(O)C(O)c1cc(O)c(F)c(F)c1. The molecule has 16 heavy (non-hydrogen) atoms. The maximum absolute atomic E-state index is 12.8. The summed E-state index contributed by atoms with van der Waals surface area (Å²) in [5.41, 5.74) is -0.439. The highest BCUT2D eigenvalue weighted by molar-refractivity contribution is 5.73. The number of aliphatic hydroxyl groups excluding tert-OH is 2. The third-order valence-corrected chi connectivity index (χ3v) is 1.92. The Hall–Kier alpha value is -1.73. The standard InChI is InChI=1S/C9H8F2O5/c10-4-1-3(2-5(12)6(4)11)7(13)8(14)9(15)16/h1-2,7-8,12-14H,(H,15,16). The highest BCUT2D eigenvalue weighted by atomic mass is 19.2. The quantitative estimate of drug-likeness (QED) is 0.596. The number of carbonyl (C=O) groups is 1. The maximum atomic E-state index is 12.8. The minimum atomic E-state index is -2.19. The predicted octanol–water partition coefficient (Wildman–Crippen LogP) is 0.149. The number of halogens is 2. The van der Waals surface area contributed by atoms with Crippen LogP contribution in [0.3, 0.4) is 0 Å². The molecule has 5 nitrogen and oxygen atoms in total. The average molecular weight is 234 g/mol. The summed E-state index contributed by atoms with van der Waals surface area (Å²) in [6.07, 6.45) is -4.15. The number of phenols is 1. The molecule has 0 saturated heterocycles. The van der Waals surface area contributed by atoms with Gasteiger partial charge in [-0.2, -0.15) is 4.39 Å². The Bertz CT molecular complexity index is 397. The number of aliphatic hydroxyl groups is 2. The van der Waals surface area contributed by atoms with Gasteiger partial charge in [0.15, 0.2) is 23.5 Å². The molecule has 0 saturated carbocycles.